The number of rotatable bonds is 6. The van der Waals surface area contributed by atoms with Gasteiger partial charge in [-0.1, -0.05) is 0 Å². The van der Waals surface area contributed by atoms with Crippen molar-refractivity contribution in [1.82, 2.24) is 19.4 Å². The molecule has 0 N–H and O–H groups in total. The van der Waals surface area contributed by atoms with Gasteiger partial charge in [0, 0.05) is 63.3 Å². The second-order valence-corrected chi connectivity index (χ2v) is 9.86. The number of nitrogens with zero attached hydrogens (tertiary/aromatic N) is 5. The first-order valence-corrected chi connectivity index (χ1v) is 12.3. The van der Waals surface area contributed by atoms with Crippen molar-refractivity contribution in [3.05, 3.63) is 45.3 Å². The molecular formula is C24H34Cl3N5O3S. The second-order valence-electron chi connectivity index (χ2n) is 8.78. The summed E-state index contributed by atoms with van der Waals surface area (Å²) in [4.78, 5) is 27.1. The molecule has 4 heterocycles. The zero-order chi connectivity index (χ0) is 22.9. The van der Waals surface area contributed by atoms with Gasteiger partial charge in [-0.05, 0) is 31.2 Å². The highest BCUT2D eigenvalue weighted by Crippen LogP contribution is 2.33. The molecule has 200 valence electrons. The van der Waals surface area contributed by atoms with E-state index in [0.29, 0.717) is 6.54 Å². The van der Waals surface area contributed by atoms with E-state index in [-0.39, 0.29) is 42.8 Å². The van der Waals surface area contributed by atoms with Gasteiger partial charge in [-0.2, -0.15) is 0 Å². The van der Waals surface area contributed by atoms with Gasteiger partial charge in [0.2, 0.25) is 0 Å². The fraction of sp³-hybridized carbons (Fsp3) is 0.500. The van der Waals surface area contributed by atoms with Gasteiger partial charge >= 0.3 is 0 Å². The Hall–Kier alpha value is -1.75. The summed E-state index contributed by atoms with van der Waals surface area (Å²) in [6.07, 6.45) is 2.67. The van der Waals surface area contributed by atoms with Crippen LogP contribution in [0.5, 0.6) is 11.5 Å². The fourth-order valence-electron chi connectivity index (χ4n) is 4.81. The van der Waals surface area contributed by atoms with Gasteiger partial charge in [0.05, 0.1) is 31.6 Å². The summed E-state index contributed by atoms with van der Waals surface area (Å²) >= 11 is 1.68. The summed E-state index contributed by atoms with van der Waals surface area (Å²) in [6, 6.07) is 5.96. The van der Waals surface area contributed by atoms with Crippen LogP contribution in [0.3, 0.4) is 0 Å². The van der Waals surface area contributed by atoms with Crippen LogP contribution in [0.1, 0.15) is 10.4 Å². The van der Waals surface area contributed by atoms with E-state index in [1.807, 2.05) is 12.1 Å². The molecule has 0 unspecified atom stereocenters. The van der Waals surface area contributed by atoms with Crippen molar-refractivity contribution in [2.24, 2.45) is 0 Å². The Morgan fingerprint density at radius 3 is 2.44 bits per heavy atom. The number of fused-ring (bicyclic) bond motifs is 3. The van der Waals surface area contributed by atoms with E-state index in [2.05, 4.69) is 32.8 Å². The van der Waals surface area contributed by atoms with E-state index >= 15 is 0 Å². The predicted octanol–water partition coefficient (Wildman–Crippen LogP) is 3.55. The van der Waals surface area contributed by atoms with Gasteiger partial charge in [0.15, 0.2) is 0 Å². The summed E-state index contributed by atoms with van der Waals surface area (Å²) in [6.45, 7) is 7.14. The van der Waals surface area contributed by atoms with Gasteiger partial charge in [0.25, 0.3) is 5.56 Å². The normalized spacial score (nSPS) is 15.9. The van der Waals surface area contributed by atoms with E-state index in [9.17, 15) is 4.79 Å². The summed E-state index contributed by atoms with van der Waals surface area (Å²) in [5, 5.41) is 0.849. The van der Waals surface area contributed by atoms with Crippen molar-refractivity contribution in [1.29, 1.82) is 0 Å². The molecule has 0 atom stereocenters. The Morgan fingerprint density at radius 1 is 1.00 bits per heavy atom. The molecule has 0 saturated carbocycles. The highest BCUT2D eigenvalue weighted by Gasteiger charge is 2.23. The molecule has 2 aromatic heterocycles. The minimum Gasteiger partial charge on any atom is -0.497 e. The number of ether oxygens (including phenoxy) is 2. The monoisotopic (exact) mass is 577 g/mol. The molecule has 2 aliphatic rings. The van der Waals surface area contributed by atoms with Gasteiger partial charge in [-0.3, -0.25) is 14.3 Å². The van der Waals surface area contributed by atoms with Crippen LogP contribution in [0.15, 0.2) is 29.3 Å². The molecule has 36 heavy (non-hydrogen) atoms. The third kappa shape index (κ3) is 6.03. The first-order valence-electron chi connectivity index (χ1n) is 11.4. The van der Waals surface area contributed by atoms with Crippen molar-refractivity contribution in [3.63, 3.8) is 0 Å². The maximum atomic E-state index is 13.2. The number of methoxy groups -OCH3 is 2. The number of piperazine rings is 1. The van der Waals surface area contributed by atoms with Crippen molar-refractivity contribution in [2.45, 2.75) is 19.5 Å². The number of thiophene rings is 1. The quantitative estimate of drug-likeness (QED) is 0.443. The van der Waals surface area contributed by atoms with Crippen LogP contribution in [-0.2, 0) is 19.5 Å². The molecule has 0 spiro atoms. The van der Waals surface area contributed by atoms with Gasteiger partial charge in [-0.25, -0.2) is 4.98 Å². The third-order valence-corrected chi connectivity index (χ3v) is 7.90. The van der Waals surface area contributed by atoms with Crippen molar-refractivity contribution >= 4 is 64.5 Å². The van der Waals surface area contributed by atoms with Crippen LogP contribution in [0.4, 0.5) is 5.69 Å². The van der Waals surface area contributed by atoms with Crippen molar-refractivity contribution in [2.75, 3.05) is 65.4 Å². The Kier molecular flexibility index (Phi) is 11.1. The molecule has 8 nitrogen and oxygen atoms in total. The van der Waals surface area contributed by atoms with Gasteiger partial charge in [0.1, 0.15) is 16.3 Å². The van der Waals surface area contributed by atoms with Gasteiger partial charge in [-0.15, -0.1) is 48.6 Å². The molecule has 1 aromatic carbocycles. The zero-order valence-electron chi connectivity index (χ0n) is 20.8. The summed E-state index contributed by atoms with van der Waals surface area (Å²) in [7, 11) is 5.49. The molecule has 0 amide bonds. The average molecular weight is 579 g/mol. The first kappa shape index (κ1) is 30.5. The predicted molar refractivity (Wildman–Crippen MR) is 154 cm³/mol. The minimum atomic E-state index is 0. The summed E-state index contributed by atoms with van der Waals surface area (Å²) in [5.41, 5.74) is 2.43. The maximum absolute atomic E-state index is 13.2. The molecule has 5 rings (SSSR count). The molecule has 1 saturated heterocycles. The first-order chi connectivity index (χ1) is 16.1. The molecule has 0 bridgehead atoms. The second kappa shape index (κ2) is 13.2. The highest BCUT2D eigenvalue weighted by molar-refractivity contribution is 7.18. The minimum absolute atomic E-state index is 0. The lowest BCUT2D eigenvalue weighted by Gasteiger charge is -2.36. The van der Waals surface area contributed by atoms with Crippen molar-refractivity contribution in [3.8, 4) is 11.5 Å². The number of hydrogen-bond donors (Lipinski definition) is 0. The lowest BCUT2D eigenvalue weighted by molar-refractivity contribution is 0.246. The van der Waals surface area contributed by atoms with Gasteiger partial charge < -0.3 is 19.3 Å². The number of halogens is 3. The van der Waals surface area contributed by atoms with E-state index in [1.54, 1.807) is 36.5 Å². The number of benzene rings is 1. The Morgan fingerprint density at radius 2 is 1.75 bits per heavy atom. The van der Waals surface area contributed by atoms with Crippen LogP contribution in [-0.4, -0.2) is 79.9 Å². The Bertz CT molecular complexity index is 1210. The van der Waals surface area contributed by atoms with E-state index in [0.717, 1.165) is 79.6 Å². The number of aromatic nitrogens is 2. The maximum Gasteiger partial charge on any atom is 0.262 e. The van der Waals surface area contributed by atoms with Crippen LogP contribution in [0.25, 0.3) is 10.2 Å². The summed E-state index contributed by atoms with van der Waals surface area (Å²) in [5.74, 6) is 1.63. The van der Waals surface area contributed by atoms with Crippen LogP contribution in [0.2, 0.25) is 0 Å². The SMILES string of the molecule is COc1ccc(N2CCN(CCn3cnc4sc5c(c4c3=O)CCN(C)C5)CC2)c(OC)c1.Cl.Cl.Cl. The molecule has 3 aromatic rings. The standard InChI is InChI=1S/C24H31N5O3S.3ClH/c1-26-7-6-18-21(15-26)33-23-22(18)24(30)29(16-25-23)13-10-27-8-11-28(12-9-27)19-5-4-17(31-2)14-20(19)32-3;;;/h4-5,14,16H,6-13,15H2,1-3H3;3*1H. The topological polar surface area (TPSA) is 63.1 Å². The third-order valence-electron chi connectivity index (χ3n) is 6.78. The van der Waals surface area contributed by atoms with E-state index < -0.39 is 0 Å². The summed E-state index contributed by atoms with van der Waals surface area (Å²) < 4.78 is 12.7. The highest BCUT2D eigenvalue weighted by atomic mass is 35.5. The number of hydrogen-bond acceptors (Lipinski definition) is 8. The van der Waals surface area contributed by atoms with Crippen LogP contribution >= 0.6 is 48.6 Å². The van der Waals surface area contributed by atoms with E-state index in [1.165, 1.54) is 10.4 Å². The molecular weight excluding hydrogens is 545 g/mol. The van der Waals surface area contributed by atoms with Crippen LogP contribution < -0.4 is 19.9 Å². The molecule has 0 aliphatic carbocycles. The van der Waals surface area contributed by atoms with Crippen molar-refractivity contribution < 1.29 is 9.47 Å². The molecule has 1 fully saturated rings. The van der Waals surface area contributed by atoms with Crippen LogP contribution in [0, 0.1) is 0 Å². The Balaban J connectivity index is 0.00000152. The number of likely N-dealkylation sites (N-methyl/N-ethyl adjacent to an activating group) is 1. The number of anilines is 1. The Labute approximate surface area is 234 Å². The van der Waals surface area contributed by atoms with E-state index in [4.69, 9.17) is 9.47 Å². The lowest BCUT2D eigenvalue weighted by atomic mass is 10.1. The molecule has 2 aliphatic heterocycles. The molecule has 12 heteroatoms. The largest absolute Gasteiger partial charge is 0.497 e. The zero-order valence-corrected chi connectivity index (χ0v) is 24.0. The lowest BCUT2D eigenvalue weighted by Crippen LogP contribution is -2.47. The average Bonchev–Trinajstić information content (AvgIpc) is 3.21. The fourth-order valence-corrected chi connectivity index (χ4v) is 6.07. The smallest absolute Gasteiger partial charge is 0.262 e. The molecule has 0 radical (unpaired) electrons.